The van der Waals surface area contributed by atoms with Crippen molar-refractivity contribution in [1.29, 1.82) is 0 Å². The van der Waals surface area contributed by atoms with Gasteiger partial charge in [0.05, 0.1) is 22.2 Å². The van der Waals surface area contributed by atoms with Gasteiger partial charge in [-0.3, -0.25) is 9.59 Å². The van der Waals surface area contributed by atoms with Crippen LogP contribution in [0.1, 0.15) is 51.9 Å². The van der Waals surface area contributed by atoms with E-state index in [0.29, 0.717) is 53.6 Å². The third-order valence-corrected chi connectivity index (χ3v) is 5.71. The van der Waals surface area contributed by atoms with Crippen molar-refractivity contribution in [1.82, 2.24) is 19.9 Å². The van der Waals surface area contributed by atoms with Crippen LogP contribution >= 0.6 is 11.6 Å². The highest BCUT2D eigenvalue weighted by Gasteiger charge is 2.29. The lowest BCUT2D eigenvalue weighted by Gasteiger charge is -2.35. The van der Waals surface area contributed by atoms with Gasteiger partial charge < -0.3 is 14.3 Å². The maximum atomic E-state index is 14.1. The topological polar surface area (TPSA) is 79.5 Å². The molecule has 0 unspecified atom stereocenters. The van der Waals surface area contributed by atoms with Gasteiger partial charge in [-0.1, -0.05) is 30.6 Å². The number of hydrogen-bond acceptors (Lipinski definition) is 5. The highest BCUT2D eigenvalue weighted by Crippen LogP contribution is 2.27. The first-order valence-corrected chi connectivity index (χ1v) is 10.4. The van der Waals surface area contributed by atoms with Gasteiger partial charge in [-0.05, 0) is 37.1 Å². The van der Waals surface area contributed by atoms with Crippen LogP contribution in [0.15, 0.2) is 28.8 Å². The van der Waals surface area contributed by atoms with E-state index in [1.807, 2.05) is 13.8 Å². The third kappa shape index (κ3) is 3.99. The minimum Gasteiger partial charge on any atom is -0.336 e. The Morgan fingerprint density at radius 3 is 2.29 bits per heavy atom. The molecule has 0 aliphatic carbocycles. The molecular weight excluding hydrogens is 423 g/mol. The van der Waals surface area contributed by atoms with Gasteiger partial charge in [-0.15, -0.1) is 0 Å². The van der Waals surface area contributed by atoms with E-state index in [9.17, 15) is 14.0 Å². The molecule has 9 heteroatoms. The number of piperazine rings is 1. The van der Waals surface area contributed by atoms with Gasteiger partial charge in [0.2, 0.25) is 0 Å². The summed E-state index contributed by atoms with van der Waals surface area (Å²) in [7, 11) is 0. The molecule has 3 heterocycles. The Morgan fingerprint density at radius 2 is 1.68 bits per heavy atom. The fourth-order valence-electron chi connectivity index (χ4n) is 3.69. The average Bonchev–Trinajstić information content (AvgIpc) is 3.14. The van der Waals surface area contributed by atoms with Crippen molar-refractivity contribution in [3.63, 3.8) is 0 Å². The van der Waals surface area contributed by atoms with Crippen molar-refractivity contribution >= 4 is 34.5 Å². The second kappa shape index (κ2) is 8.26. The van der Waals surface area contributed by atoms with E-state index in [1.54, 1.807) is 17.9 Å². The molecule has 2 aromatic heterocycles. The summed E-state index contributed by atoms with van der Waals surface area (Å²) in [5.74, 6) is -1.10. The van der Waals surface area contributed by atoms with E-state index < -0.39 is 11.7 Å². The van der Waals surface area contributed by atoms with Gasteiger partial charge >= 0.3 is 0 Å². The van der Waals surface area contributed by atoms with Gasteiger partial charge in [-0.25, -0.2) is 9.37 Å². The number of nitrogens with zero attached hydrogens (tertiary/aromatic N) is 4. The predicted molar refractivity (Wildman–Crippen MR) is 114 cm³/mol. The van der Waals surface area contributed by atoms with Crippen LogP contribution in [-0.4, -0.2) is 57.9 Å². The van der Waals surface area contributed by atoms with Crippen LogP contribution < -0.4 is 0 Å². The van der Waals surface area contributed by atoms with Crippen LogP contribution in [0.5, 0.6) is 0 Å². The molecule has 1 fully saturated rings. The van der Waals surface area contributed by atoms with Crippen LogP contribution in [-0.2, 0) is 0 Å². The van der Waals surface area contributed by atoms with E-state index in [-0.39, 0.29) is 17.4 Å². The molecular formula is C22H22ClFN4O3. The molecule has 1 saturated heterocycles. The molecule has 1 aliphatic heterocycles. The number of carbonyl (C=O) groups excluding carboxylic acids is 2. The van der Waals surface area contributed by atoms with E-state index in [1.165, 1.54) is 23.1 Å². The van der Waals surface area contributed by atoms with Crippen molar-refractivity contribution in [3.8, 4) is 0 Å². The summed E-state index contributed by atoms with van der Waals surface area (Å²) in [6, 6.07) is 5.69. The molecule has 1 aliphatic rings. The maximum Gasteiger partial charge on any atom is 0.259 e. The predicted octanol–water partition coefficient (Wildman–Crippen LogP) is 4.05. The minimum absolute atomic E-state index is 0.0650. The van der Waals surface area contributed by atoms with Crippen molar-refractivity contribution in [3.05, 3.63) is 57.6 Å². The summed E-state index contributed by atoms with van der Waals surface area (Å²) in [6.07, 6.45) is 0. The SMILES string of the molecule is Cc1noc2nc(C(C)C)cc(C(=O)N3CCN(C(=O)c4cc(Cl)ccc4F)CC3)c12. The van der Waals surface area contributed by atoms with Gasteiger partial charge in [0.1, 0.15) is 5.82 Å². The summed E-state index contributed by atoms with van der Waals surface area (Å²) in [5.41, 5.74) is 2.12. The molecule has 31 heavy (non-hydrogen) atoms. The zero-order valence-corrected chi connectivity index (χ0v) is 18.2. The Balaban J connectivity index is 1.54. The first-order chi connectivity index (χ1) is 14.8. The number of pyridine rings is 1. The molecule has 0 radical (unpaired) electrons. The number of fused-ring (bicyclic) bond motifs is 1. The second-order valence-corrected chi connectivity index (χ2v) is 8.34. The van der Waals surface area contributed by atoms with Crippen LogP contribution in [0.25, 0.3) is 11.1 Å². The number of halogens is 2. The standard InChI is InChI=1S/C22H22ClFN4O3/c1-12(2)18-11-16(19-13(3)26-31-20(19)25-18)22(30)28-8-6-27(7-9-28)21(29)15-10-14(23)4-5-17(15)24/h4-5,10-12H,6-9H2,1-3H3. The molecule has 0 spiro atoms. The number of rotatable bonds is 3. The zero-order chi connectivity index (χ0) is 22.3. The molecule has 3 aromatic rings. The van der Waals surface area contributed by atoms with E-state index in [0.717, 1.165) is 5.69 Å². The molecule has 0 saturated carbocycles. The lowest BCUT2D eigenvalue weighted by atomic mass is 10.0. The van der Waals surface area contributed by atoms with Crippen molar-refractivity contribution in [2.45, 2.75) is 26.7 Å². The number of aryl methyl sites for hydroxylation is 1. The number of amides is 2. The number of hydrogen-bond donors (Lipinski definition) is 0. The highest BCUT2D eigenvalue weighted by atomic mass is 35.5. The summed E-state index contributed by atoms with van der Waals surface area (Å²) in [6.45, 7) is 7.01. The maximum absolute atomic E-state index is 14.1. The molecule has 1 aromatic carbocycles. The largest absolute Gasteiger partial charge is 0.336 e. The van der Waals surface area contributed by atoms with Gasteiger partial charge in [-0.2, -0.15) is 0 Å². The van der Waals surface area contributed by atoms with E-state index in [2.05, 4.69) is 10.1 Å². The average molecular weight is 445 g/mol. The Labute approximate surface area is 183 Å². The first kappa shape index (κ1) is 21.2. The Hall–Kier alpha value is -3.00. The number of carbonyl (C=O) groups is 2. The first-order valence-electron chi connectivity index (χ1n) is 10.1. The van der Waals surface area contributed by atoms with E-state index in [4.69, 9.17) is 16.1 Å². The van der Waals surface area contributed by atoms with Gasteiger partial charge in [0, 0.05) is 36.9 Å². The molecule has 4 rings (SSSR count). The Bertz CT molecular complexity index is 1170. The van der Waals surface area contributed by atoms with Crippen LogP contribution in [0.2, 0.25) is 5.02 Å². The highest BCUT2D eigenvalue weighted by molar-refractivity contribution is 6.31. The summed E-state index contributed by atoms with van der Waals surface area (Å²) < 4.78 is 19.4. The number of benzene rings is 1. The van der Waals surface area contributed by atoms with Crippen molar-refractivity contribution < 1.29 is 18.5 Å². The molecule has 0 N–H and O–H groups in total. The molecule has 162 valence electrons. The molecule has 0 atom stereocenters. The van der Waals surface area contributed by atoms with Crippen LogP contribution in [0.4, 0.5) is 4.39 Å². The lowest BCUT2D eigenvalue weighted by Crippen LogP contribution is -2.50. The zero-order valence-electron chi connectivity index (χ0n) is 17.5. The van der Waals surface area contributed by atoms with Crippen molar-refractivity contribution in [2.24, 2.45) is 0 Å². The fraction of sp³-hybridized carbons (Fsp3) is 0.364. The fourth-order valence-corrected chi connectivity index (χ4v) is 3.86. The quantitative estimate of drug-likeness (QED) is 0.609. The van der Waals surface area contributed by atoms with Crippen molar-refractivity contribution in [2.75, 3.05) is 26.2 Å². The van der Waals surface area contributed by atoms with E-state index >= 15 is 0 Å². The smallest absolute Gasteiger partial charge is 0.259 e. The Morgan fingerprint density at radius 1 is 1.06 bits per heavy atom. The molecule has 2 amide bonds. The summed E-state index contributed by atoms with van der Waals surface area (Å²) in [4.78, 5) is 33.7. The molecule has 7 nitrogen and oxygen atoms in total. The normalized spacial score (nSPS) is 14.5. The monoisotopic (exact) mass is 444 g/mol. The molecule has 0 bridgehead atoms. The van der Waals surface area contributed by atoms with Crippen LogP contribution in [0, 0.1) is 12.7 Å². The van der Waals surface area contributed by atoms with Gasteiger partial charge in [0.25, 0.3) is 17.5 Å². The minimum atomic E-state index is -0.615. The van der Waals surface area contributed by atoms with Crippen LogP contribution in [0.3, 0.4) is 0 Å². The number of aromatic nitrogens is 2. The summed E-state index contributed by atoms with van der Waals surface area (Å²) in [5, 5.41) is 4.86. The Kier molecular flexibility index (Phi) is 5.66. The third-order valence-electron chi connectivity index (χ3n) is 5.47. The summed E-state index contributed by atoms with van der Waals surface area (Å²) >= 11 is 5.91. The second-order valence-electron chi connectivity index (χ2n) is 7.91. The lowest BCUT2D eigenvalue weighted by molar-refractivity contribution is 0.0533. The van der Waals surface area contributed by atoms with Gasteiger partial charge in [0.15, 0.2) is 0 Å².